The zero-order valence-electron chi connectivity index (χ0n) is 26.7. The summed E-state index contributed by atoms with van der Waals surface area (Å²) in [6, 6.07) is 19.9. The Balaban J connectivity index is 1.33. The van der Waals surface area contributed by atoms with Crippen molar-refractivity contribution in [1.82, 2.24) is 10.6 Å². The number of carbonyl (C=O) groups is 2. The average molecular weight is 605 g/mol. The maximum atomic E-state index is 12.5. The van der Waals surface area contributed by atoms with Gasteiger partial charge < -0.3 is 29.6 Å². The molecule has 238 valence electrons. The Labute approximate surface area is 262 Å². The lowest BCUT2D eigenvalue weighted by atomic mass is 9.96. The molecule has 0 atom stereocenters. The lowest BCUT2D eigenvalue weighted by Gasteiger charge is -2.17. The van der Waals surface area contributed by atoms with E-state index in [1.165, 1.54) is 5.56 Å². The van der Waals surface area contributed by atoms with Gasteiger partial charge in [0, 0.05) is 31.5 Å². The maximum absolute atomic E-state index is 12.5. The Morgan fingerprint density at radius 1 is 0.591 bits per heavy atom. The Hall–Kier alpha value is -4.20. The summed E-state index contributed by atoms with van der Waals surface area (Å²) in [6.07, 6.45) is 7.60. The van der Waals surface area contributed by atoms with Crippen LogP contribution in [-0.2, 0) is 35.3 Å². The number of benzene rings is 3. The van der Waals surface area contributed by atoms with E-state index in [2.05, 4.69) is 22.8 Å². The third kappa shape index (κ3) is 11.5. The van der Waals surface area contributed by atoms with Gasteiger partial charge >= 0.3 is 0 Å². The fourth-order valence-electron chi connectivity index (χ4n) is 5.21. The summed E-state index contributed by atoms with van der Waals surface area (Å²) in [4.78, 5) is 24.6. The summed E-state index contributed by atoms with van der Waals surface area (Å²) in [5.41, 5.74) is 4.57. The Morgan fingerprint density at radius 2 is 1.25 bits per heavy atom. The van der Waals surface area contributed by atoms with Gasteiger partial charge in [-0.2, -0.15) is 0 Å². The first-order valence-corrected chi connectivity index (χ1v) is 15.5. The number of hydrogen-bond donors (Lipinski definition) is 2. The molecule has 3 aromatic carbocycles. The summed E-state index contributed by atoms with van der Waals surface area (Å²) in [7, 11) is 6.62. The molecule has 0 unspecified atom stereocenters. The number of amides is 2. The number of nitrogens with one attached hydrogen (secondary N) is 2. The fraction of sp³-hybridized carbons (Fsp3) is 0.444. The Kier molecular flexibility index (Phi) is 14.9. The van der Waals surface area contributed by atoms with Gasteiger partial charge in [-0.3, -0.25) is 9.59 Å². The number of rotatable bonds is 20. The average Bonchev–Trinajstić information content (AvgIpc) is 3.05. The van der Waals surface area contributed by atoms with Crippen molar-refractivity contribution in [3.8, 4) is 23.0 Å². The van der Waals surface area contributed by atoms with Crippen LogP contribution in [0.4, 0.5) is 0 Å². The summed E-state index contributed by atoms with van der Waals surface area (Å²) in [5.74, 6) is 3.24. The number of unbranched alkanes of at least 4 members (excludes halogenated alkanes) is 3. The highest BCUT2D eigenvalue weighted by molar-refractivity contribution is 5.76. The van der Waals surface area contributed by atoms with Crippen molar-refractivity contribution >= 4 is 11.8 Å². The molecule has 0 aliphatic heterocycles. The minimum Gasteiger partial charge on any atom is -0.497 e. The Morgan fingerprint density at radius 3 is 1.86 bits per heavy atom. The highest BCUT2D eigenvalue weighted by Gasteiger charge is 2.15. The summed E-state index contributed by atoms with van der Waals surface area (Å²) in [5, 5.41) is 6.06. The lowest BCUT2D eigenvalue weighted by Crippen LogP contribution is -2.25. The van der Waals surface area contributed by atoms with E-state index in [1.54, 1.807) is 28.4 Å². The van der Waals surface area contributed by atoms with Gasteiger partial charge in [-0.1, -0.05) is 43.2 Å². The molecule has 0 bridgehead atoms. The van der Waals surface area contributed by atoms with Crippen LogP contribution in [0.15, 0.2) is 60.7 Å². The van der Waals surface area contributed by atoms with Crippen LogP contribution in [0.2, 0.25) is 0 Å². The van der Waals surface area contributed by atoms with Gasteiger partial charge in [-0.25, -0.2) is 0 Å². The molecule has 8 nitrogen and oxygen atoms in total. The van der Waals surface area contributed by atoms with Crippen LogP contribution in [0.1, 0.15) is 60.8 Å². The van der Waals surface area contributed by atoms with Gasteiger partial charge in [0.05, 0.1) is 28.4 Å². The molecule has 0 saturated carbocycles. The molecule has 0 saturated heterocycles. The second kappa shape index (κ2) is 19.2. The molecule has 3 aromatic rings. The van der Waals surface area contributed by atoms with Gasteiger partial charge in [-0.05, 0) is 85.5 Å². The summed E-state index contributed by atoms with van der Waals surface area (Å²) >= 11 is 0. The molecule has 0 radical (unpaired) electrons. The third-order valence-electron chi connectivity index (χ3n) is 7.71. The van der Waals surface area contributed by atoms with Gasteiger partial charge in [0.15, 0.2) is 11.5 Å². The largest absolute Gasteiger partial charge is 0.497 e. The highest BCUT2D eigenvalue weighted by Crippen LogP contribution is 2.35. The molecule has 0 heterocycles. The van der Waals surface area contributed by atoms with Crippen LogP contribution < -0.4 is 29.6 Å². The summed E-state index contributed by atoms with van der Waals surface area (Å²) < 4.78 is 21.8. The van der Waals surface area contributed by atoms with E-state index in [9.17, 15) is 9.59 Å². The van der Waals surface area contributed by atoms with Crippen molar-refractivity contribution < 1.29 is 28.5 Å². The van der Waals surface area contributed by atoms with E-state index in [-0.39, 0.29) is 11.8 Å². The molecule has 2 amide bonds. The molecule has 0 spiro atoms. The van der Waals surface area contributed by atoms with Crippen LogP contribution in [-0.4, -0.2) is 53.3 Å². The van der Waals surface area contributed by atoms with Crippen molar-refractivity contribution in [2.24, 2.45) is 0 Å². The normalized spacial score (nSPS) is 10.6. The standard InChI is InChI=1S/C36H48N2O6/c1-41-30-18-14-27(15-19-30)22-24-37-34(39)12-7-5-6-8-13-35(40)38-25-23-29-17-21-33(43-3)36(44-4)32(29)20-16-28-10-9-11-31(26-28)42-2/h9-11,14-15,17-19,21,26H,5-8,12-13,16,20,22-25H2,1-4H3,(H,37,39)(H,38,40). The molecular formula is C36H48N2O6. The van der Waals surface area contributed by atoms with Gasteiger partial charge in [0.1, 0.15) is 11.5 Å². The Bertz CT molecular complexity index is 1310. The number of carbonyl (C=O) groups excluding carboxylic acids is 2. The number of ether oxygens (including phenoxy) is 4. The maximum Gasteiger partial charge on any atom is 0.220 e. The van der Waals surface area contributed by atoms with Crippen LogP contribution in [0.25, 0.3) is 0 Å². The topological polar surface area (TPSA) is 95.1 Å². The van der Waals surface area contributed by atoms with Crippen molar-refractivity contribution in [2.45, 2.75) is 64.2 Å². The van der Waals surface area contributed by atoms with E-state index in [1.807, 2.05) is 48.5 Å². The zero-order valence-corrected chi connectivity index (χ0v) is 26.7. The van der Waals surface area contributed by atoms with Crippen molar-refractivity contribution in [2.75, 3.05) is 41.5 Å². The molecule has 8 heteroatoms. The monoisotopic (exact) mass is 604 g/mol. The van der Waals surface area contributed by atoms with Gasteiger partial charge in [0.2, 0.25) is 11.8 Å². The van der Waals surface area contributed by atoms with Gasteiger partial charge in [-0.15, -0.1) is 0 Å². The molecule has 0 aromatic heterocycles. The van der Waals surface area contributed by atoms with E-state index >= 15 is 0 Å². The van der Waals surface area contributed by atoms with Crippen molar-refractivity contribution in [3.05, 3.63) is 82.9 Å². The molecule has 0 aliphatic carbocycles. The predicted molar refractivity (Wildman–Crippen MR) is 174 cm³/mol. The lowest BCUT2D eigenvalue weighted by molar-refractivity contribution is -0.122. The van der Waals surface area contributed by atoms with Crippen LogP contribution in [0.5, 0.6) is 23.0 Å². The predicted octanol–water partition coefficient (Wildman–Crippen LogP) is 5.86. The quantitative estimate of drug-likeness (QED) is 0.157. The smallest absolute Gasteiger partial charge is 0.220 e. The van der Waals surface area contributed by atoms with Crippen LogP contribution in [0, 0.1) is 0 Å². The highest BCUT2D eigenvalue weighted by atomic mass is 16.5. The minimum atomic E-state index is 0.0553. The molecule has 44 heavy (non-hydrogen) atoms. The molecule has 2 N–H and O–H groups in total. The third-order valence-corrected chi connectivity index (χ3v) is 7.71. The SMILES string of the molecule is COc1ccc(CCNC(=O)CCCCCCC(=O)NCCc2ccc(OC)c(OC)c2CCc2cccc(OC)c2)cc1. The fourth-order valence-corrected chi connectivity index (χ4v) is 5.21. The molecular weight excluding hydrogens is 556 g/mol. The number of aryl methyl sites for hydroxylation is 1. The molecule has 3 rings (SSSR count). The second-order valence-electron chi connectivity index (χ2n) is 10.8. The van der Waals surface area contributed by atoms with Gasteiger partial charge in [0.25, 0.3) is 0 Å². The molecule has 0 aliphatic rings. The van der Waals surface area contributed by atoms with E-state index in [4.69, 9.17) is 18.9 Å². The van der Waals surface area contributed by atoms with E-state index in [0.29, 0.717) is 38.1 Å². The second-order valence-corrected chi connectivity index (χ2v) is 10.8. The zero-order chi connectivity index (χ0) is 31.6. The van der Waals surface area contributed by atoms with Crippen LogP contribution >= 0.6 is 0 Å². The van der Waals surface area contributed by atoms with E-state index < -0.39 is 0 Å². The first-order chi connectivity index (χ1) is 21.5. The van der Waals surface area contributed by atoms with E-state index in [0.717, 1.165) is 78.9 Å². The number of hydrogen-bond acceptors (Lipinski definition) is 6. The van der Waals surface area contributed by atoms with Crippen molar-refractivity contribution in [3.63, 3.8) is 0 Å². The molecule has 0 fully saturated rings. The number of methoxy groups -OCH3 is 4. The first kappa shape index (κ1) is 34.3. The minimum absolute atomic E-state index is 0.0553. The first-order valence-electron chi connectivity index (χ1n) is 15.5. The summed E-state index contributed by atoms with van der Waals surface area (Å²) in [6.45, 7) is 1.18. The van der Waals surface area contributed by atoms with Crippen LogP contribution in [0.3, 0.4) is 0 Å². The van der Waals surface area contributed by atoms with Crippen molar-refractivity contribution in [1.29, 1.82) is 0 Å².